The van der Waals surface area contributed by atoms with Crippen LogP contribution >= 0.6 is 31.9 Å². The molecule has 0 unspecified atom stereocenters. The van der Waals surface area contributed by atoms with E-state index in [9.17, 15) is 4.79 Å². The lowest BCUT2D eigenvalue weighted by atomic mass is 10.2. The van der Waals surface area contributed by atoms with E-state index in [1.165, 1.54) is 0 Å². The van der Waals surface area contributed by atoms with Gasteiger partial charge in [-0.25, -0.2) is 0 Å². The van der Waals surface area contributed by atoms with Gasteiger partial charge in [0.15, 0.2) is 0 Å². The molecule has 1 amide bonds. The Kier molecular flexibility index (Phi) is 5.20. The predicted octanol–water partition coefficient (Wildman–Crippen LogP) is 4.65. The molecule has 20 heavy (non-hydrogen) atoms. The molecule has 2 N–H and O–H groups in total. The van der Waals surface area contributed by atoms with E-state index in [-0.39, 0.29) is 11.9 Å². The third-order valence-electron chi connectivity index (χ3n) is 2.71. The van der Waals surface area contributed by atoms with Gasteiger partial charge < -0.3 is 10.6 Å². The van der Waals surface area contributed by atoms with Gasteiger partial charge in [0.25, 0.3) is 0 Å². The molecule has 2 aromatic carbocycles. The quantitative estimate of drug-likeness (QED) is 0.788. The molecule has 0 saturated carbocycles. The summed E-state index contributed by atoms with van der Waals surface area (Å²) in [6, 6.07) is 14.9. The van der Waals surface area contributed by atoms with Gasteiger partial charge >= 0.3 is 0 Å². The molecule has 0 aromatic heterocycles. The second kappa shape index (κ2) is 6.90. The zero-order chi connectivity index (χ0) is 14.5. The molecule has 0 fully saturated rings. The van der Waals surface area contributed by atoms with Gasteiger partial charge in [0, 0.05) is 20.3 Å². The summed E-state index contributed by atoms with van der Waals surface area (Å²) in [6.07, 6.45) is 0. The monoisotopic (exact) mass is 396 g/mol. The molecule has 0 saturated heterocycles. The number of amides is 1. The Labute approximate surface area is 135 Å². The number of nitrogens with one attached hydrogen (secondary N) is 2. The summed E-state index contributed by atoms with van der Waals surface area (Å²) in [7, 11) is 0. The van der Waals surface area contributed by atoms with Crippen LogP contribution in [-0.4, -0.2) is 11.9 Å². The molecule has 3 nitrogen and oxygen atoms in total. The van der Waals surface area contributed by atoms with Crippen LogP contribution in [0.2, 0.25) is 0 Å². The lowest BCUT2D eigenvalue weighted by Gasteiger charge is -2.15. The SMILES string of the molecule is C[C@@H](Nc1ccc(Br)cc1)C(=O)Nc1cccc(Br)c1. The number of benzene rings is 2. The lowest BCUT2D eigenvalue weighted by Crippen LogP contribution is -2.31. The van der Waals surface area contributed by atoms with E-state index in [0.29, 0.717) is 0 Å². The first-order valence-corrected chi connectivity index (χ1v) is 7.72. The second-order valence-corrected chi connectivity index (χ2v) is 6.20. The van der Waals surface area contributed by atoms with Crippen LogP contribution in [0.5, 0.6) is 0 Å². The summed E-state index contributed by atoms with van der Waals surface area (Å²) in [6.45, 7) is 1.83. The maximum atomic E-state index is 12.1. The second-order valence-electron chi connectivity index (χ2n) is 4.37. The van der Waals surface area contributed by atoms with E-state index >= 15 is 0 Å². The van der Waals surface area contributed by atoms with Crippen molar-refractivity contribution in [1.29, 1.82) is 0 Å². The Morgan fingerprint density at radius 1 is 1.00 bits per heavy atom. The molecule has 1 atom stereocenters. The highest BCUT2D eigenvalue weighted by atomic mass is 79.9. The highest BCUT2D eigenvalue weighted by Gasteiger charge is 2.12. The fourth-order valence-corrected chi connectivity index (χ4v) is 2.34. The minimum absolute atomic E-state index is 0.0778. The predicted molar refractivity (Wildman–Crippen MR) is 90.0 cm³/mol. The number of carbonyl (C=O) groups is 1. The van der Waals surface area contributed by atoms with Crippen molar-refractivity contribution in [2.24, 2.45) is 0 Å². The van der Waals surface area contributed by atoms with Crippen molar-refractivity contribution in [2.45, 2.75) is 13.0 Å². The number of hydrogen-bond donors (Lipinski definition) is 2. The summed E-state index contributed by atoms with van der Waals surface area (Å²) in [4.78, 5) is 12.1. The molecule has 5 heteroatoms. The summed E-state index contributed by atoms with van der Waals surface area (Å²) >= 11 is 6.76. The topological polar surface area (TPSA) is 41.1 Å². The average molecular weight is 398 g/mol. The van der Waals surface area contributed by atoms with Gasteiger partial charge in [-0.05, 0) is 49.4 Å². The zero-order valence-corrected chi connectivity index (χ0v) is 14.0. The van der Waals surface area contributed by atoms with Crippen LogP contribution < -0.4 is 10.6 Å². The fraction of sp³-hybridized carbons (Fsp3) is 0.133. The number of hydrogen-bond acceptors (Lipinski definition) is 2. The molecule has 0 heterocycles. The molecule has 2 rings (SSSR count). The van der Waals surface area contributed by atoms with Crippen molar-refractivity contribution in [3.8, 4) is 0 Å². The largest absolute Gasteiger partial charge is 0.374 e. The van der Waals surface area contributed by atoms with Crippen LogP contribution in [0.4, 0.5) is 11.4 Å². The number of anilines is 2. The molecule has 104 valence electrons. The lowest BCUT2D eigenvalue weighted by molar-refractivity contribution is -0.116. The third kappa shape index (κ3) is 4.35. The summed E-state index contributed by atoms with van der Waals surface area (Å²) in [5, 5.41) is 6.03. The van der Waals surface area contributed by atoms with E-state index in [0.717, 1.165) is 20.3 Å². The molecular formula is C15H14Br2N2O. The normalized spacial score (nSPS) is 11.8. The highest BCUT2D eigenvalue weighted by Crippen LogP contribution is 2.17. The molecule has 0 bridgehead atoms. The Hall–Kier alpha value is -1.33. The molecule has 0 aliphatic rings. The number of carbonyl (C=O) groups excluding carboxylic acids is 1. The van der Waals surface area contributed by atoms with Crippen LogP contribution in [0.15, 0.2) is 57.5 Å². The van der Waals surface area contributed by atoms with Crippen LogP contribution in [0, 0.1) is 0 Å². The van der Waals surface area contributed by atoms with E-state index in [2.05, 4.69) is 42.5 Å². The first kappa shape index (κ1) is 15.1. The van der Waals surface area contributed by atoms with Gasteiger partial charge in [-0.1, -0.05) is 37.9 Å². The van der Waals surface area contributed by atoms with Gasteiger partial charge in [0.05, 0.1) is 0 Å². The molecular weight excluding hydrogens is 384 g/mol. The van der Waals surface area contributed by atoms with E-state index in [1.807, 2.05) is 55.5 Å². The summed E-state index contributed by atoms with van der Waals surface area (Å²) < 4.78 is 1.94. The van der Waals surface area contributed by atoms with Crippen molar-refractivity contribution in [2.75, 3.05) is 10.6 Å². The third-order valence-corrected chi connectivity index (χ3v) is 3.73. The molecule has 0 aliphatic heterocycles. The Morgan fingerprint density at radius 3 is 2.35 bits per heavy atom. The Balaban J connectivity index is 1.96. The first-order valence-electron chi connectivity index (χ1n) is 6.13. The van der Waals surface area contributed by atoms with Crippen LogP contribution in [0.1, 0.15) is 6.92 Å². The first-order chi connectivity index (χ1) is 9.54. The average Bonchev–Trinajstić information content (AvgIpc) is 2.41. The van der Waals surface area contributed by atoms with Gasteiger partial charge in [-0.3, -0.25) is 4.79 Å². The smallest absolute Gasteiger partial charge is 0.246 e. The van der Waals surface area contributed by atoms with E-state index in [4.69, 9.17) is 0 Å². The van der Waals surface area contributed by atoms with Crippen molar-refractivity contribution >= 4 is 49.1 Å². The van der Waals surface area contributed by atoms with Crippen LogP contribution in [0.25, 0.3) is 0 Å². The Morgan fingerprint density at radius 2 is 1.70 bits per heavy atom. The van der Waals surface area contributed by atoms with Gasteiger partial charge in [-0.2, -0.15) is 0 Å². The van der Waals surface area contributed by atoms with Gasteiger partial charge in [0.1, 0.15) is 6.04 Å². The molecule has 0 spiro atoms. The maximum Gasteiger partial charge on any atom is 0.246 e. The summed E-state index contributed by atoms with van der Waals surface area (Å²) in [5.41, 5.74) is 1.68. The van der Waals surface area contributed by atoms with Crippen molar-refractivity contribution in [3.05, 3.63) is 57.5 Å². The Bertz CT molecular complexity index is 599. The fourth-order valence-electron chi connectivity index (χ4n) is 1.68. The van der Waals surface area contributed by atoms with Crippen molar-refractivity contribution in [1.82, 2.24) is 0 Å². The van der Waals surface area contributed by atoms with Gasteiger partial charge in [0.2, 0.25) is 5.91 Å². The van der Waals surface area contributed by atoms with Crippen molar-refractivity contribution in [3.63, 3.8) is 0 Å². The zero-order valence-electron chi connectivity index (χ0n) is 10.9. The molecule has 0 aliphatic carbocycles. The van der Waals surface area contributed by atoms with Crippen LogP contribution in [0.3, 0.4) is 0 Å². The standard InChI is InChI=1S/C15H14Br2N2O/c1-10(18-13-7-5-11(16)6-8-13)15(20)19-14-4-2-3-12(17)9-14/h2-10,18H,1H3,(H,19,20)/t10-/m1/s1. The molecule has 2 aromatic rings. The highest BCUT2D eigenvalue weighted by molar-refractivity contribution is 9.10. The maximum absolute atomic E-state index is 12.1. The number of halogens is 2. The van der Waals surface area contributed by atoms with E-state index < -0.39 is 0 Å². The summed E-state index contributed by atoms with van der Waals surface area (Å²) in [5.74, 6) is -0.0778. The number of rotatable bonds is 4. The molecule has 0 radical (unpaired) electrons. The minimum atomic E-state index is -0.324. The minimum Gasteiger partial charge on any atom is -0.374 e. The van der Waals surface area contributed by atoms with Crippen molar-refractivity contribution < 1.29 is 4.79 Å². The van der Waals surface area contributed by atoms with Gasteiger partial charge in [-0.15, -0.1) is 0 Å². The van der Waals surface area contributed by atoms with E-state index in [1.54, 1.807) is 0 Å². The van der Waals surface area contributed by atoms with Crippen LogP contribution in [-0.2, 0) is 4.79 Å².